The molecule has 0 aliphatic carbocycles. The molecule has 1 aromatic rings. The van der Waals surface area contributed by atoms with Crippen LogP contribution in [-0.2, 0) is 0 Å². The summed E-state index contributed by atoms with van der Waals surface area (Å²) in [5, 5.41) is 1.04. The minimum Gasteiger partial charge on any atom is -0.0922 e. The van der Waals surface area contributed by atoms with E-state index >= 15 is 0 Å². The quantitative estimate of drug-likeness (QED) is 0.674. The Bertz CT molecular complexity index is 266. The molecule has 0 aromatic heterocycles. The van der Waals surface area contributed by atoms with Crippen LogP contribution in [0.3, 0.4) is 0 Å². The SMILES string of the molecule is Cc1cccc(C(C)CBr)c1C. The van der Waals surface area contributed by atoms with E-state index < -0.39 is 0 Å². The Labute approximate surface area is 83.1 Å². The van der Waals surface area contributed by atoms with Gasteiger partial charge in [-0.15, -0.1) is 0 Å². The van der Waals surface area contributed by atoms with Crippen molar-refractivity contribution in [3.8, 4) is 0 Å². The van der Waals surface area contributed by atoms with E-state index in [1.165, 1.54) is 16.7 Å². The van der Waals surface area contributed by atoms with Gasteiger partial charge in [0, 0.05) is 5.33 Å². The lowest BCUT2D eigenvalue weighted by Gasteiger charge is -2.13. The van der Waals surface area contributed by atoms with Gasteiger partial charge in [-0.25, -0.2) is 0 Å². The molecule has 1 atom stereocenters. The van der Waals surface area contributed by atoms with Gasteiger partial charge in [0.1, 0.15) is 0 Å². The monoisotopic (exact) mass is 226 g/mol. The van der Waals surface area contributed by atoms with Gasteiger partial charge in [0.25, 0.3) is 0 Å². The summed E-state index contributed by atoms with van der Waals surface area (Å²) >= 11 is 3.51. The molecule has 0 saturated heterocycles. The summed E-state index contributed by atoms with van der Waals surface area (Å²) in [5.41, 5.74) is 4.29. The maximum Gasteiger partial charge on any atom is 0.00976 e. The summed E-state index contributed by atoms with van der Waals surface area (Å²) in [5.74, 6) is 0.616. The minimum absolute atomic E-state index is 0.616. The highest BCUT2D eigenvalue weighted by molar-refractivity contribution is 9.09. The third-order valence-electron chi connectivity index (χ3n) is 2.41. The summed E-state index contributed by atoms with van der Waals surface area (Å²) in [6, 6.07) is 6.52. The molecule has 0 fully saturated rings. The molecule has 0 saturated carbocycles. The van der Waals surface area contributed by atoms with Gasteiger partial charge in [0.15, 0.2) is 0 Å². The number of hydrogen-bond acceptors (Lipinski definition) is 0. The second kappa shape index (κ2) is 4.08. The molecule has 0 spiro atoms. The standard InChI is InChI=1S/C11H15Br/c1-8-5-4-6-11(10(8)3)9(2)7-12/h4-6,9H,7H2,1-3H3. The molecule has 0 N–H and O–H groups in total. The van der Waals surface area contributed by atoms with E-state index in [0.717, 1.165) is 5.33 Å². The number of aryl methyl sites for hydroxylation is 1. The fraction of sp³-hybridized carbons (Fsp3) is 0.455. The van der Waals surface area contributed by atoms with Gasteiger partial charge in [-0.05, 0) is 36.5 Å². The number of alkyl halides is 1. The van der Waals surface area contributed by atoms with Gasteiger partial charge in [-0.2, -0.15) is 0 Å². The molecule has 1 unspecified atom stereocenters. The van der Waals surface area contributed by atoms with E-state index in [9.17, 15) is 0 Å². The van der Waals surface area contributed by atoms with Gasteiger partial charge in [-0.1, -0.05) is 41.1 Å². The zero-order valence-corrected chi connectivity index (χ0v) is 9.48. The highest BCUT2D eigenvalue weighted by Gasteiger charge is 2.07. The molecule has 0 heterocycles. The maximum absolute atomic E-state index is 3.51. The van der Waals surface area contributed by atoms with E-state index in [0.29, 0.717) is 5.92 Å². The highest BCUT2D eigenvalue weighted by Crippen LogP contribution is 2.23. The first kappa shape index (κ1) is 9.79. The van der Waals surface area contributed by atoms with Gasteiger partial charge < -0.3 is 0 Å². The predicted molar refractivity (Wildman–Crippen MR) is 58.1 cm³/mol. The second-order valence-corrected chi connectivity index (χ2v) is 3.99. The number of benzene rings is 1. The fourth-order valence-corrected chi connectivity index (χ4v) is 1.74. The Hall–Kier alpha value is -0.300. The van der Waals surface area contributed by atoms with Crippen molar-refractivity contribution in [2.75, 3.05) is 5.33 Å². The number of halogens is 1. The van der Waals surface area contributed by atoms with Crippen molar-refractivity contribution < 1.29 is 0 Å². The molecular formula is C11H15Br. The largest absolute Gasteiger partial charge is 0.0922 e. The van der Waals surface area contributed by atoms with E-state index in [1.807, 2.05) is 0 Å². The highest BCUT2D eigenvalue weighted by atomic mass is 79.9. The average molecular weight is 227 g/mol. The van der Waals surface area contributed by atoms with Crippen LogP contribution in [0.2, 0.25) is 0 Å². The maximum atomic E-state index is 3.51. The fourth-order valence-electron chi connectivity index (χ4n) is 1.39. The van der Waals surface area contributed by atoms with Crippen LogP contribution in [0.5, 0.6) is 0 Å². The molecule has 1 rings (SSSR count). The van der Waals surface area contributed by atoms with Crippen molar-refractivity contribution >= 4 is 15.9 Å². The Kier molecular flexibility index (Phi) is 3.33. The molecule has 1 aromatic carbocycles. The lowest BCUT2D eigenvalue weighted by molar-refractivity contribution is 0.874. The van der Waals surface area contributed by atoms with Crippen LogP contribution in [0.1, 0.15) is 29.5 Å². The molecule has 1 heteroatoms. The van der Waals surface area contributed by atoms with Crippen LogP contribution in [0.15, 0.2) is 18.2 Å². The summed E-state index contributed by atoms with van der Waals surface area (Å²) < 4.78 is 0. The van der Waals surface area contributed by atoms with Gasteiger partial charge >= 0.3 is 0 Å². The molecule has 0 radical (unpaired) electrons. The van der Waals surface area contributed by atoms with Crippen molar-refractivity contribution in [2.24, 2.45) is 0 Å². The van der Waals surface area contributed by atoms with Crippen LogP contribution in [0.4, 0.5) is 0 Å². The third-order valence-corrected chi connectivity index (χ3v) is 3.38. The topological polar surface area (TPSA) is 0 Å². The van der Waals surface area contributed by atoms with E-state index in [2.05, 4.69) is 54.9 Å². The summed E-state index contributed by atoms with van der Waals surface area (Å²) in [4.78, 5) is 0. The zero-order valence-electron chi connectivity index (χ0n) is 7.89. The van der Waals surface area contributed by atoms with Gasteiger partial charge in [-0.3, -0.25) is 0 Å². The molecule has 66 valence electrons. The average Bonchev–Trinajstić information content (AvgIpc) is 2.08. The third kappa shape index (κ3) is 1.89. The molecule has 12 heavy (non-hydrogen) atoms. The Morgan fingerprint density at radius 2 is 2.00 bits per heavy atom. The molecular weight excluding hydrogens is 212 g/mol. The van der Waals surface area contributed by atoms with Crippen LogP contribution in [-0.4, -0.2) is 5.33 Å². The van der Waals surface area contributed by atoms with Crippen LogP contribution >= 0.6 is 15.9 Å². The second-order valence-electron chi connectivity index (χ2n) is 3.34. The van der Waals surface area contributed by atoms with Crippen molar-refractivity contribution in [3.05, 3.63) is 34.9 Å². The molecule has 0 bridgehead atoms. The van der Waals surface area contributed by atoms with Crippen LogP contribution in [0.25, 0.3) is 0 Å². The van der Waals surface area contributed by atoms with Gasteiger partial charge in [0.05, 0.1) is 0 Å². The van der Waals surface area contributed by atoms with E-state index in [4.69, 9.17) is 0 Å². The smallest absolute Gasteiger partial charge is 0.00976 e. The Balaban J connectivity index is 3.07. The number of rotatable bonds is 2. The van der Waals surface area contributed by atoms with E-state index in [1.54, 1.807) is 0 Å². The zero-order chi connectivity index (χ0) is 9.14. The normalized spacial score (nSPS) is 13.0. The number of hydrogen-bond donors (Lipinski definition) is 0. The van der Waals surface area contributed by atoms with Gasteiger partial charge in [0.2, 0.25) is 0 Å². The Morgan fingerprint density at radius 1 is 1.33 bits per heavy atom. The Morgan fingerprint density at radius 3 is 2.58 bits per heavy atom. The molecule has 0 nitrogen and oxygen atoms in total. The summed E-state index contributed by atoms with van der Waals surface area (Å²) in [7, 11) is 0. The molecule has 0 aliphatic rings. The van der Waals surface area contributed by atoms with Crippen molar-refractivity contribution in [3.63, 3.8) is 0 Å². The summed E-state index contributed by atoms with van der Waals surface area (Å²) in [6.45, 7) is 6.61. The lowest BCUT2D eigenvalue weighted by atomic mass is 9.95. The van der Waals surface area contributed by atoms with Crippen LogP contribution in [0, 0.1) is 13.8 Å². The lowest BCUT2D eigenvalue weighted by Crippen LogP contribution is -1.98. The molecule has 0 aliphatic heterocycles. The van der Waals surface area contributed by atoms with Crippen molar-refractivity contribution in [2.45, 2.75) is 26.7 Å². The summed E-state index contributed by atoms with van der Waals surface area (Å²) in [6.07, 6.45) is 0. The minimum atomic E-state index is 0.616. The first-order valence-electron chi connectivity index (χ1n) is 4.29. The predicted octanol–water partition coefficient (Wildman–Crippen LogP) is 3.80. The van der Waals surface area contributed by atoms with Crippen molar-refractivity contribution in [1.29, 1.82) is 0 Å². The van der Waals surface area contributed by atoms with E-state index in [-0.39, 0.29) is 0 Å². The first-order chi connectivity index (χ1) is 5.66. The first-order valence-corrected chi connectivity index (χ1v) is 5.41. The van der Waals surface area contributed by atoms with Crippen LogP contribution < -0.4 is 0 Å². The van der Waals surface area contributed by atoms with Crippen molar-refractivity contribution in [1.82, 2.24) is 0 Å². The molecule has 0 amide bonds.